The van der Waals surface area contributed by atoms with Crippen molar-refractivity contribution >= 4 is 29.1 Å². The van der Waals surface area contributed by atoms with Gasteiger partial charge in [0.25, 0.3) is 5.91 Å². The molecule has 2 rings (SSSR count). The second kappa shape index (κ2) is 9.20. The third kappa shape index (κ3) is 6.21. The third-order valence-corrected chi connectivity index (χ3v) is 3.78. The SMILES string of the molecule is CC(C)NC(=O)c1ccc(NC(=O)CNCc2ccccc2Cl)cc1. The summed E-state index contributed by atoms with van der Waals surface area (Å²) in [5, 5.41) is 9.33. The maximum Gasteiger partial charge on any atom is 0.251 e. The van der Waals surface area contributed by atoms with Gasteiger partial charge in [-0.05, 0) is 49.7 Å². The number of nitrogens with one attached hydrogen (secondary N) is 3. The molecule has 0 saturated carbocycles. The average Bonchev–Trinajstić information content (AvgIpc) is 2.56. The molecule has 25 heavy (non-hydrogen) atoms. The van der Waals surface area contributed by atoms with Crippen LogP contribution in [0.15, 0.2) is 48.5 Å². The summed E-state index contributed by atoms with van der Waals surface area (Å²) >= 11 is 6.07. The van der Waals surface area contributed by atoms with Crippen molar-refractivity contribution in [1.82, 2.24) is 10.6 Å². The van der Waals surface area contributed by atoms with Crippen LogP contribution in [-0.2, 0) is 11.3 Å². The zero-order chi connectivity index (χ0) is 18.2. The fraction of sp³-hybridized carbons (Fsp3) is 0.263. The van der Waals surface area contributed by atoms with Gasteiger partial charge in [-0.3, -0.25) is 9.59 Å². The Morgan fingerprint density at radius 1 is 1.04 bits per heavy atom. The summed E-state index contributed by atoms with van der Waals surface area (Å²) in [4.78, 5) is 23.8. The number of carbonyl (C=O) groups is 2. The van der Waals surface area contributed by atoms with E-state index < -0.39 is 0 Å². The van der Waals surface area contributed by atoms with E-state index in [1.807, 2.05) is 38.1 Å². The summed E-state index contributed by atoms with van der Waals surface area (Å²) in [6.07, 6.45) is 0. The van der Waals surface area contributed by atoms with Gasteiger partial charge in [0.1, 0.15) is 0 Å². The summed E-state index contributed by atoms with van der Waals surface area (Å²) in [5.74, 6) is -0.291. The minimum absolute atomic E-state index is 0.0797. The van der Waals surface area contributed by atoms with Crippen LogP contribution in [0.2, 0.25) is 5.02 Å². The normalized spacial score (nSPS) is 10.6. The standard InChI is InChI=1S/C19H22ClN3O2/c1-13(2)22-19(25)14-7-9-16(10-8-14)23-18(24)12-21-11-15-5-3-4-6-17(15)20/h3-10,13,21H,11-12H2,1-2H3,(H,22,25)(H,23,24). The van der Waals surface area contributed by atoms with Crippen LogP contribution in [0.3, 0.4) is 0 Å². The van der Waals surface area contributed by atoms with Crippen molar-refractivity contribution < 1.29 is 9.59 Å². The highest BCUT2D eigenvalue weighted by Crippen LogP contribution is 2.14. The molecule has 0 radical (unpaired) electrons. The summed E-state index contributed by atoms with van der Waals surface area (Å²) in [7, 11) is 0. The minimum atomic E-state index is -0.161. The van der Waals surface area contributed by atoms with Gasteiger partial charge in [-0.1, -0.05) is 29.8 Å². The van der Waals surface area contributed by atoms with Gasteiger partial charge in [0.2, 0.25) is 5.91 Å². The maximum atomic E-state index is 12.0. The lowest BCUT2D eigenvalue weighted by Gasteiger charge is -2.10. The number of hydrogen-bond donors (Lipinski definition) is 3. The van der Waals surface area contributed by atoms with E-state index in [4.69, 9.17) is 11.6 Å². The average molecular weight is 360 g/mol. The molecule has 3 N–H and O–H groups in total. The highest BCUT2D eigenvalue weighted by Gasteiger charge is 2.08. The van der Waals surface area contributed by atoms with Gasteiger partial charge in [-0.25, -0.2) is 0 Å². The van der Waals surface area contributed by atoms with Gasteiger partial charge in [0.05, 0.1) is 6.54 Å². The molecule has 0 aliphatic heterocycles. The first-order valence-electron chi connectivity index (χ1n) is 8.10. The van der Waals surface area contributed by atoms with E-state index in [0.717, 1.165) is 5.56 Å². The molecular formula is C19H22ClN3O2. The second-order valence-electron chi connectivity index (χ2n) is 5.95. The van der Waals surface area contributed by atoms with Crippen molar-refractivity contribution in [1.29, 1.82) is 0 Å². The van der Waals surface area contributed by atoms with Crippen molar-refractivity contribution in [2.45, 2.75) is 26.4 Å². The molecule has 0 saturated heterocycles. The number of amides is 2. The molecule has 0 bridgehead atoms. The highest BCUT2D eigenvalue weighted by atomic mass is 35.5. The lowest BCUT2D eigenvalue weighted by molar-refractivity contribution is -0.115. The van der Waals surface area contributed by atoms with Gasteiger partial charge >= 0.3 is 0 Å². The fourth-order valence-electron chi connectivity index (χ4n) is 2.21. The quantitative estimate of drug-likeness (QED) is 0.711. The molecule has 0 atom stereocenters. The van der Waals surface area contributed by atoms with E-state index in [1.54, 1.807) is 24.3 Å². The van der Waals surface area contributed by atoms with E-state index in [2.05, 4.69) is 16.0 Å². The molecule has 0 aliphatic rings. The molecule has 0 aromatic heterocycles. The number of carbonyl (C=O) groups excluding carboxylic acids is 2. The van der Waals surface area contributed by atoms with E-state index in [-0.39, 0.29) is 24.4 Å². The molecule has 6 heteroatoms. The Morgan fingerprint density at radius 3 is 2.36 bits per heavy atom. The first-order valence-corrected chi connectivity index (χ1v) is 8.48. The Kier molecular flexibility index (Phi) is 6.98. The van der Waals surface area contributed by atoms with Crippen LogP contribution in [0.1, 0.15) is 29.8 Å². The highest BCUT2D eigenvalue weighted by molar-refractivity contribution is 6.31. The van der Waals surface area contributed by atoms with Crippen LogP contribution in [0.25, 0.3) is 0 Å². The predicted octanol–water partition coefficient (Wildman–Crippen LogP) is 3.21. The smallest absolute Gasteiger partial charge is 0.251 e. The summed E-state index contributed by atoms with van der Waals surface area (Å²) in [6, 6.07) is 14.4. The molecular weight excluding hydrogens is 338 g/mol. The zero-order valence-electron chi connectivity index (χ0n) is 14.3. The van der Waals surface area contributed by atoms with Crippen molar-refractivity contribution in [2.75, 3.05) is 11.9 Å². The van der Waals surface area contributed by atoms with Crippen molar-refractivity contribution in [2.24, 2.45) is 0 Å². The van der Waals surface area contributed by atoms with Gasteiger partial charge in [-0.15, -0.1) is 0 Å². The summed E-state index contributed by atoms with van der Waals surface area (Å²) in [6.45, 7) is 4.49. The van der Waals surface area contributed by atoms with Crippen LogP contribution in [0, 0.1) is 0 Å². The molecule has 2 amide bonds. The zero-order valence-corrected chi connectivity index (χ0v) is 15.1. The van der Waals surface area contributed by atoms with Crippen LogP contribution in [-0.4, -0.2) is 24.4 Å². The number of rotatable bonds is 7. The molecule has 2 aromatic carbocycles. The van der Waals surface area contributed by atoms with Gasteiger partial charge < -0.3 is 16.0 Å². The van der Waals surface area contributed by atoms with Gasteiger partial charge in [0.15, 0.2) is 0 Å². The lowest BCUT2D eigenvalue weighted by atomic mass is 10.2. The Hall–Kier alpha value is -2.37. The van der Waals surface area contributed by atoms with Gasteiger partial charge in [-0.2, -0.15) is 0 Å². The Labute approximate surface area is 152 Å². The summed E-state index contributed by atoms with van der Waals surface area (Å²) in [5.41, 5.74) is 2.15. The predicted molar refractivity (Wildman–Crippen MR) is 101 cm³/mol. The number of halogens is 1. The van der Waals surface area contributed by atoms with Crippen molar-refractivity contribution in [3.63, 3.8) is 0 Å². The monoisotopic (exact) mass is 359 g/mol. The molecule has 0 heterocycles. The fourth-order valence-corrected chi connectivity index (χ4v) is 2.41. The van der Waals surface area contributed by atoms with Crippen molar-refractivity contribution in [3.05, 3.63) is 64.7 Å². The van der Waals surface area contributed by atoms with E-state index in [0.29, 0.717) is 22.8 Å². The Morgan fingerprint density at radius 2 is 1.72 bits per heavy atom. The topological polar surface area (TPSA) is 70.2 Å². The van der Waals surface area contributed by atoms with E-state index in [1.165, 1.54) is 0 Å². The first kappa shape index (κ1) is 19.0. The van der Waals surface area contributed by atoms with E-state index >= 15 is 0 Å². The van der Waals surface area contributed by atoms with Crippen LogP contribution < -0.4 is 16.0 Å². The van der Waals surface area contributed by atoms with E-state index in [9.17, 15) is 9.59 Å². The molecule has 0 fully saturated rings. The molecule has 0 spiro atoms. The molecule has 5 nitrogen and oxygen atoms in total. The number of benzene rings is 2. The number of hydrogen-bond acceptors (Lipinski definition) is 3. The van der Waals surface area contributed by atoms with Gasteiger partial charge in [0, 0.05) is 28.9 Å². The number of anilines is 1. The molecule has 2 aromatic rings. The maximum absolute atomic E-state index is 12.0. The van der Waals surface area contributed by atoms with Crippen LogP contribution in [0.4, 0.5) is 5.69 Å². The van der Waals surface area contributed by atoms with Crippen LogP contribution >= 0.6 is 11.6 Å². The van der Waals surface area contributed by atoms with Crippen LogP contribution in [0.5, 0.6) is 0 Å². The third-order valence-electron chi connectivity index (χ3n) is 3.41. The summed E-state index contributed by atoms with van der Waals surface area (Å²) < 4.78 is 0. The lowest BCUT2D eigenvalue weighted by Crippen LogP contribution is -2.30. The second-order valence-corrected chi connectivity index (χ2v) is 6.36. The minimum Gasteiger partial charge on any atom is -0.350 e. The Bertz CT molecular complexity index is 730. The Balaban J connectivity index is 1.80. The molecule has 0 unspecified atom stereocenters. The first-order chi connectivity index (χ1) is 12.0. The molecule has 0 aliphatic carbocycles. The largest absolute Gasteiger partial charge is 0.350 e. The van der Waals surface area contributed by atoms with Crippen molar-refractivity contribution in [3.8, 4) is 0 Å². The molecule has 132 valence electrons.